The Labute approximate surface area is 283 Å². The number of nitrogens with zero attached hydrogens (tertiary/aromatic N) is 1. The lowest BCUT2D eigenvalue weighted by Gasteiger charge is -2.21. The number of amides is 2. The molecule has 2 amide bonds. The lowest BCUT2D eigenvalue weighted by Crippen LogP contribution is -2.50. The molecular weight excluding hydrogens is 712 g/mol. The summed E-state index contributed by atoms with van der Waals surface area (Å²) in [6.45, 7) is 1.86. The number of nitrogens with one attached hydrogen (secondary N) is 2. The number of carbonyl (C=O) groups excluding carboxylic acids is 2. The van der Waals surface area contributed by atoms with Gasteiger partial charge in [-0.2, -0.15) is 5.10 Å². The molecule has 0 aliphatic carbocycles. The van der Waals surface area contributed by atoms with Crippen molar-refractivity contribution in [2.24, 2.45) is 5.10 Å². The van der Waals surface area contributed by atoms with Crippen LogP contribution in [0.25, 0.3) is 0 Å². The van der Waals surface area contributed by atoms with Crippen LogP contribution in [0.4, 0.5) is 0 Å². The minimum atomic E-state index is -0.946. The van der Waals surface area contributed by atoms with Crippen molar-refractivity contribution in [3.8, 4) is 11.5 Å². The first kappa shape index (κ1) is 33.6. The minimum Gasteiger partial charge on any atom is -0.488 e. The summed E-state index contributed by atoms with van der Waals surface area (Å²) in [4.78, 5) is 26.2. The zero-order valence-corrected chi connectivity index (χ0v) is 27.8. The van der Waals surface area contributed by atoms with Crippen molar-refractivity contribution in [1.29, 1.82) is 0 Å². The van der Waals surface area contributed by atoms with E-state index in [4.69, 9.17) is 55.9 Å². The number of ether oxygens (including phenoxy) is 2. The largest absolute Gasteiger partial charge is 0.488 e. The van der Waals surface area contributed by atoms with E-state index in [9.17, 15) is 9.59 Å². The van der Waals surface area contributed by atoms with Gasteiger partial charge in [0, 0.05) is 11.4 Å². The van der Waals surface area contributed by atoms with Crippen LogP contribution in [0.15, 0.2) is 94.5 Å². The van der Waals surface area contributed by atoms with E-state index in [1.807, 2.05) is 36.4 Å². The summed E-state index contributed by atoms with van der Waals surface area (Å²) in [5.74, 6) is -0.101. The van der Waals surface area contributed by atoms with Crippen molar-refractivity contribution in [3.05, 3.63) is 126 Å². The molecule has 0 saturated heterocycles. The molecule has 0 radical (unpaired) electrons. The molecule has 0 bridgehead atoms. The third-order valence-corrected chi connectivity index (χ3v) is 8.09. The van der Waals surface area contributed by atoms with Crippen molar-refractivity contribution >= 4 is 80.4 Å². The van der Waals surface area contributed by atoms with Gasteiger partial charge in [-0.05, 0) is 88.1 Å². The van der Waals surface area contributed by atoms with Gasteiger partial charge in [0.25, 0.3) is 11.8 Å². The topological polar surface area (TPSA) is 89.0 Å². The number of rotatable bonds is 12. The molecule has 0 fully saturated rings. The van der Waals surface area contributed by atoms with E-state index >= 15 is 0 Å². The predicted octanol–water partition coefficient (Wildman–Crippen LogP) is 8.29. The molecule has 0 unspecified atom stereocenters. The van der Waals surface area contributed by atoms with Gasteiger partial charge in [0.1, 0.15) is 24.1 Å². The molecule has 0 saturated carbocycles. The van der Waals surface area contributed by atoms with E-state index in [2.05, 4.69) is 31.8 Å². The fourth-order valence-electron chi connectivity index (χ4n) is 3.92. The lowest BCUT2D eigenvalue weighted by atomic mass is 10.1. The second-order valence-electron chi connectivity index (χ2n) is 9.55. The smallest absolute Gasteiger partial charge is 0.262 e. The van der Waals surface area contributed by atoms with Crippen molar-refractivity contribution in [3.63, 3.8) is 0 Å². The summed E-state index contributed by atoms with van der Waals surface area (Å²) in [5.41, 5.74) is 4.94. The Bertz CT molecular complexity index is 1660. The Morgan fingerprint density at radius 2 is 1.59 bits per heavy atom. The first-order valence-electron chi connectivity index (χ1n) is 13.2. The SMILES string of the molecule is C[C@H](Oc1ccc(Cl)cc1Cl)C(=O)N[C@@H](Cc1ccccc1)C(=O)N/N=C\c1ccc(OCc2ccc(Cl)c(Cl)c2)c(Br)c1. The first-order valence-corrected chi connectivity index (χ1v) is 15.5. The van der Waals surface area contributed by atoms with Crippen LogP contribution in [0.3, 0.4) is 0 Å². The Hall–Kier alpha value is -3.27. The van der Waals surface area contributed by atoms with Crippen molar-refractivity contribution < 1.29 is 19.1 Å². The number of hydrogen-bond donors (Lipinski definition) is 2. The molecule has 0 aliphatic heterocycles. The number of hydrogen-bond acceptors (Lipinski definition) is 5. The molecule has 0 spiro atoms. The van der Waals surface area contributed by atoms with E-state index < -0.39 is 24.0 Å². The van der Waals surface area contributed by atoms with Crippen LogP contribution in [-0.2, 0) is 22.6 Å². The Morgan fingerprint density at radius 1 is 0.841 bits per heavy atom. The average molecular weight is 738 g/mol. The number of halogens is 5. The van der Waals surface area contributed by atoms with Crippen LogP contribution in [0.5, 0.6) is 11.5 Å². The van der Waals surface area contributed by atoms with Gasteiger partial charge < -0.3 is 14.8 Å². The van der Waals surface area contributed by atoms with Crippen LogP contribution < -0.4 is 20.2 Å². The summed E-state index contributed by atoms with van der Waals surface area (Å²) >= 11 is 27.7. The highest BCUT2D eigenvalue weighted by molar-refractivity contribution is 9.10. The van der Waals surface area contributed by atoms with E-state index in [1.165, 1.54) is 12.3 Å². The highest BCUT2D eigenvalue weighted by atomic mass is 79.9. The quantitative estimate of drug-likeness (QED) is 0.113. The van der Waals surface area contributed by atoms with Gasteiger partial charge in [-0.3, -0.25) is 9.59 Å². The van der Waals surface area contributed by atoms with Crippen LogP contribution in [0, 0.1) is 0 Å². The molecule has 0 aromatic heterocycles. The molecule has 12 heteroatoms. The molecule has 4 aromatic rings. The molecule has 7 nitrogen and oxygen atoms in total. The second kappa shape index (κ2) is 16.2. The van der Waals surface area contributed by atoms with Gasteiger partial charge in [-0.25, -0.2) is 5.43 Å². The van der Waals surface area contributed by atoms with Crippen molar-refractivity contribution in [1.82, 2.24) is 10.7 Å². The fourth-order valence-corrected chi connectivity index (χ4v) is 5.20. The summed E-state index contributed by atoms with van der Waals surface area (Å²) in [6, 6.07) is 23.7. The molecule has 0 heterocycles. The van der Waals surface area contributed by atoms with Gasteiger partial charge in [-0.15, -0.1) is 0 Å². The third-order valence-electron chi connectivity index (χ3n) is 6.21. The summed E-state index contributed by atoms with van der Waals surface area (Å²) < 4.78 is 12.3. The van der Waals surface area contributed by atoms with E-state index in [0.29, 0.717) is 43.2 Å². The normalized spacial score (nSPS) is 12.4. The predicted molar refractivity (Wildman–Crippen MR) is 179 cm³/mol. The van der Waals surface area contributed by atoms with Crippen LogP contribution in [0.2, 0.25) is 20.1 Å². The van der Waals surface area contributed by atoms with E-state index in [0.717, 1.165) is 11.1 Å². The molecule has 4 rings (SSSR count). The van der Waals surface area contributed by atoms with Crippen molar-refractivity contribution in [2.45, 2.75) is 32.1 Å². The fraction of sp³-hybridized carbons (Fsp3) is 0.156. The van der Waals surface area contributed by atoms with Gasteiger partial charge in [-0.1, -0.05) is 82.8 Å². The maximum atomic E-state index is 13.2. The van der Waals surface area contributed by atoms with Gasteiger partial charge in [0.15, 0.2) is 6.10 Å². The second-order valence-corrected chi connectivity index (χ2v) is 12.1. The molecule has 44 heavy (non-hydrogen) atoms. The Balaban J connectivity index is 1.38. The standard InChI is InChI=1S/C32H26BrCl4N3O4/c1-19(44-30-12-9-23(34)16-27(30)37)31(41)39-28(15-20-5-3-2-4-6-20)32(42)40-38-17-21-8-11-29(24(33)13-21)43-18-22-7-10-25(35)26(36)14-22/h2-14,16-17,19,28H,15,18H2,1H3,(H,39,41)(H,40,42)/b38-17-/t19-,28-/m0/s1. The molecule has 2 N–H and O–H groups in total. The zero-order valence-electron chi connectivity index (χ0n) is 23.2. The van der Waals surface area contributed by atoms with Crippen LogP contribution in [-0.4, -0.2) is 30.2 Å². The number of hydrazone groups is 1. The van der Waals surface area contributed by atoms with Gasteiger partial charge in [0.05, 0.1) is 25.8 Å². The monoisotopic (exact) mass is 735 g/mol. The number of benzene rings is 4. The summed E-state index contributed by atoms with van der Waals surface area (Å²) in [7, 11) is 0. The molecule has 0 aliphatic rings. The van der Waals surface area contributed by atoms with Gasteiger partial charge >= 0.3 is 0 Å². The first-order chi connectivity index (χ1) is 21.1. The summed E-state index contributed by atoms with van der Waals surface area (Å²) in [6.07, 6.45) is 0.776. The Kier molecular flexibility index (Phi) is 12.3. The maximum absolute atomic E-state index is 13.2. The number of carbonyl (C=O) groups is 2. The molecule has 2 atom stereocenters. The lowest BCUT2D eigenvalue weighted by molar-refractivity contribution is -0.132. The highest BCUT2D eigenvalue weighted by Crippen LogP contribution is 2.29. The Morgan fingerprint density at radius 3 is 2.30 bits per heavy atom. The van der Waals surface area contributed by atoms with Crippen LogP contribution in [0.1, 0.15) is 23.6 Å². The molecular formula is C32H26BrCl4N3O4. The average Bonchev–Trinajstić information content (AvgIpc) is 3.00. The highest BCUT2D eigenvalue weighted by Gasteiger charge is 2.25. The van der Waals surface area contributed by atoms with E-state index in [-0.39, 0.29) is 11.4 Å². The van der Waals surface area contributed by atoms with E-state index in [1.54, 1.807) is 49.4 Å². The third kappa shape index (κ3) is 9.87. The molecule has 228 valence electrons. The van der Waals surface area contributed by atoms with Crippen molar-refractivity contribution in [2.75, 3.05) is 0 Å². The minimum absolute atomic E-state index is 0.235. The molecule has 4 aromatic carbocycles. The summed E-state index contributed by atoms with van der Waals surface area (Å²) in [5, 5.41) is 8.50. The zero-order chi connectivity index (χ0) is 31.6. The van der Waals surface area contributed by atoms with Gasteiger partial charge in [0.2, 0.25) is 0 Å². The maximum Gasteiger partial charge on any atom is 0.262 e. The van der Waals surface area contributed by atoms with Crippen LogP contribution >= 0.6 is 62.3 Å².